The van der Waals surface area contributed by atoms with Crippen molar-refractivity contribution in [3.05, 3.63) is 227 Å². The van der Waals surface area contributed by atoms with Crippen LogP contribution in [0.2, 0.25) is 0 Å². The normalized spacial score (nSPS) is 12.0. The molecule has 2 heteroatoms. The van der Waals surface area contributed by atoms with Crippen LogP contribution in [0.25, 0.3) is 59.0 Å². The van der Waals surface area contributed by atoms with Gasteiger partial charge in [-0.05, 0) is 126 Å². The Morgan fingerprint density at radius 3 is 1.07 bits per heavy atom. The van der Waals surface area contributed by atoms with Crippen LogP contribution in [0.4, 0.5) is 34.1 Å². The molecule has 0 spiro atoms. The lowest BCUT2D eigenvalue weighted by Gasteiger charge is -2.26. The second kappa shape index (κ2) is 15.9. The molecule has 0 saturated heterocycles. The van der Waals surface area contributed by atoms with Gasteiger partial charge in [-0.15, -0.1) is 0 Å². The van der Waals surface area contributed by atoms with E-state index in [1.165, 1.54) is 21.5 Å². The molecule has 56 heavy (non-hydrogen) atoms. The number of fused-ring (bicyclic) bond motifs is 2. The maximum absolute atomic E-state index is 4.23. The second-order valence-corrected chi connectivity index (χ2v) is 13.8. The Morgan fingerprint density at radius 1 is 0.339 bits per heavy atom. The Hall–Kier alpha value is -7.42. The van der Waals surface area contributed by atoms with Gasteiger partial charge in [-0.1, -0.05) is 160 Å². The predicted molar refractivity (Wildman–Crippen MR) is 245 cm³/mol. The lowest BCUT2D eigenvalue weighted by Crippen LogP contribution is -2.24. The zero-order valence-electron chi connectivity index (χ0n) is 31.4. The van der Waals surface area contributed by atoms with Crippen molar-refractivity contribution in [3.8, 4) is 0 Å². The topological polar surface area (TPSA) is 6.48 Å². The van der Waals surface area contributed by atoms with Crippen LogP contribution >= 0.6 is 0 Å². The van der Waals surface area contributed by atoms with E-state index in [9.17, 15) is 0 Å². The monoisotopic (exact) mass is 718 g/mol. The quantitative estimate of drug-likeness (QED) is 0.130. The summed E-state index contributed by atoms with van der Waals surface area (Å²) in [7, 11) is 0. The number of hydrogen-bond acceptors (Lipinski definition) is 2. The van der Waals surface area contributed by atoms with E-state index in [2.05, 4.69) is 218 Å². The lowest BCUT2D eigenvalue weighted by atomic mass is 10.1. The van der Waals surface area contributed by atoms with Crippen LogP contribution in [0, 0.1) is 0 Å². The van der Waals surface area contributed by atoms with Crippen molar-refractivity contribution in [2.75, 3.05) is 9.80 Å². The largest absolute Gasteiger partial charge is 0.310 e. The molecular formula is C54H42N2. The summed E-state index contributed by atoms with van der Waals surface area (Å²) < 4.78 is 0. The van der Waals surface area contributed by atoms with Gasteiger partial charge in [0.25, 0.3) is 0 Å². The summed E-state index contributed by atoms with van der Waals surface area (Å²) in [6.07, 6.45) is 12.0. The smallest absolute Gasteiger partial charge is 0.0468 e. The first kappa shape index (κ1) is 35.6. The fourth-order valence-corrected chi connectivity index (χ4v) is 7.19. The molecule has 268 valence electrons. The van der Waals surface area contributed by atoms with Crippen molar-refractivity contribution >= 4 is 93.1 Å². The predicted octanol–water partition coefficient (Wildman–Crippen LogP) is 11.9. The molecule has 0 radical (unpaired) electrons. The van der Waals surface area contributed by atoms with E-state index in [4.69, 9.17) is 0 Å². The van der Waals surface area contributed by atoms with E-state index < -0.39 is 0 Å². The number of hydrogen-bond donors (Lipinski definition) is 0. The average molecular weight is 719 g/mol. The molecule has 0 aliphatic rings. The highest BCUT2D eigenvalue weighted by molar-refractivity contribution is 5.91. The van der Waals surface area contributed by atoms with Gasteiger partial charge in [-0.3, -0.25) is 0 Å². The maximum Gasteiger partial charge on any atom is 0.0468 e. The van der Waals surface area contributed by atoms with Crippen LogP contribution in [-0.2, 0) is 0 Å². The van der Waals surface area contributed by atoms with Crippen molar-refractivity contribution in [2.24, 2.45) is 0 Å². The molecule has 0 saturated carbocycles. The van der Waals surface area contributed by atoms with Crippen molar-refractivity contribution in [1.29, 1.82) is 0 Å². The summed E-state index contributed by atoms with van der Waals surface area (Å²) >= 11 is 0. The number of rotatable bonds is 10. The first-order chi connectivity index (χ1) is 27.5. The average Bonchev–Trinajstić information content (AvgIpc) is 3.23. The van der Waals surface area contributed by atoms with Gasteiger partial charge < -0.3 is 9.80 Å². The maximum atomic E-state index is 4.23. The molecule has 0 aromatic heterocycles. The van der Waals surface area contributed by atoms with E-state index >= 15 is 0 Å². The lowest BCUT2D eigenvalue weighted by molar-refractivity contribution is 1.28. The molecule has 0 aliphatic heterocycles. The fraction of sp³-hybridized carbons (Fsp3) is 0. The summed E-state index contributed by atoms with van der Waals surface area (Å²) in [4.78, 5) is 4.59. The number of anilines is 6. The van der Waals surface area contributed by atoms with Crippen LogP contribution in [0.1, 0.15) is 11.1 Å². The molecule has 8 rings (SSSR count). The molecule has 0 N–H and O–H groups in total. The highest BCUT2D eigenvalue weighted by Crippen LogP contribution is 2.37. The Labute approximate surface area is 328 Å². The minimum Gasteiger partial charge on any atom is -0.310 e. The Kier molecular flexibility index (Phi) is 10.1. The molecule has 0 aliphatic carbocycles. The molecule has 0 atom stereocenters. The zero-order valence-corrected chi connectivity index (χ0v) is 31.4. The van der Waals surface area contributed by atoms with Gasteiger partial charge in [0, 0.05) is 34.1 Å². The van der Waals surface area contributed by atoms with Crippen molar-refractivity contribution < 1.29 is 0 Å². The third-order valence-corrected chi connectivity index (χ3v) is 10.1. The van der Waals surface area contributed by atoms with Gasteiger partial charge >= 0.3 is 0 Å². The molecule has 0 fully saturated rings. The molecule has 0 amide bonds. The third kappa shape index (κ3) is 7.50. The van der Waals surface area contributed by atoms with Crippen LogP contribution in [0.15, 0.2) is 195 Å². The SMILES string of the molecule is C=CC=c1cc(N(c2ccc(C=Cc3ccc(N(c4ccc(=C)c(=CC=C)c4)c4ccc5ccccc5c4)cc3)cc2)c2ccc3ccccc3c2)ccc1=C. The van der Waals surface area contributed by atoms with E-state index in [0.29, 0.717) is 0 Å². The number of nitrogens with zero attached hydrogens (tertiary/aromatic N) is 2. The molecule has 0 unspecified atom stereocenters. The van der Waals surface area contributed by atoms with Crippen LogP contribution in [0.3, 0.4) is 0 Å². The molecule has 0 bridgehead atoms. The van der Waals surface area contributed by atoms with Crippen molar-refractivity contribution in [2.45, 2.75) is 0 Å². The Morgan fingerprint density at radius 2 is 0.679 bits per heavy atom. The molecule has 2 nitrogen and oxygen atoms in total. The van der Waals surface area contributed by atoms with E-state index in [1.807, 2.05) is 24.3 Å². The van der Waals surface area contributed by atoms with Gasteiger partial charge in [0.2, 0.25) is 0 Å². The third-order valence-electron chi connectivity index (χ3n) is 10.1. The number of allylic oxidation sites excluding steroid dienone is 2. The molecular weight excluding hydrogens is 677 g/mol. The summed E-state index contributed by atoms with van der Waals surface area (Å²) in [5, 5.41) is 8.83. The Bertz CT molecular complexity index is 2780. The van der Waals surface area contributed by atoms with Crippen LogP contribution in [-0.4, -0.2) is 0 Å². The van der Waals surface area contributed by atoms with Crippen molar-refractivity contribution in [3.63, 3.8) is 0 Å². The fourth-order valence-electron chi connectivity index (χ4n) is 7.19. The first-order valence-electron chi connectivity index (χ1n) is 18.8. The second-order valence-electron chi connectivity index (χ2n) is 13.8. The van der Waals surface area contributed by atoms with E-state index in [0.717, 1.165) is 66.1 Å². The zero-order chi connectivity index (χ0) is 38.4. The van der Waals surface area contributed by atoms with E-state index in [1.54, 1.807) is 0 Å². The first-order valence-corrected chi connectivity index (χ1v) is 18.8. The summed E-state index contributed by atoms with van der Waals surface area (Å²) in [5.74, 6) is 0. The van der Waals surface area contributed by atoms with Gasteiger partial charge in [-0.2, -0.15) is 0 Å². The van der Waals surface area contributed by atoms with Gasteiger partial charge in [0.05, 0.1) is 0 Å². The van der Waals surface area contributed by atoms with Gasteiger partial charge in [-0.25, -0.2) is 0 Å². The number of benzene rings is 8. The molecule has 8 aromatic rings. The minimum absolute atomic E-state index is 0.964. The minimum atomic E-state index is 0.964. The summed E-state index contributed by atoms with van der Waals surface area (Å²) in [6.45, 7) is 16.3. The summed E-state index contributed by atoms with van der Waals surface area (Å²) in [5.41, 5.74) is 8.64. The summed E-state index contributed by atoms with van der Waals surface area (Å²) in [6, 6.07) is 60.3. The standard InChI is InChI=1S/C54H42N2/c1-5-11-45-35-51(27-17-39(45)3)55(53-33-25-43-13-7-9-15-47(43)37-53)49-29-21-41(22-30-49)19-20-42-23-31-50(32-24-42)56(52-28-18-40(4)46(36-52)12-6-2)54-34-26-44-14-8-10-16-48(44)38-54/h5-38H,1-4H2. The van der Waals surface area contributed by atoms with Crippen molar-refractivity contribution in [1.82, 2.24) is 0 Å². The Balaban J connectivity index is 1.10. The van der Waals surface area contributed by atoms with Gasteiger partial charge in [0.15, 0.2) is 0 Å². The van der Waals surface area contributed by atoms with E-state index in [-0.39, 0.29) is 0 Å². The molecule has 8 aromatic carbocycles. The van der Waals surface area contributed by atoms with Crippen LogP contribution < -0.4 is 30.7 Å². The molecule has 0 heterocycles. The van der Waals surface area contributed by atoms with Crippen LogP contribution in [0.5, 0.6) is 0 Å². The highest BCUT2D eigenvalue weighted by atomic mass is 15.1. The highest BCUT2D eigenvalue weighted by Gasteiger charge is 2.15. The van der Waals surface area contributed by atoms with Gasteiger partial charge in [0.1, 0.15) is 0 Å².